The SMILES string of the molecule is Cl.Cl.Cn1cnc(Nc2nc(Cl)nn3cccc23)c1.Cn1cnc(Nc2nc(N3CCC[C@H]3c3ccccn3)nn3cccc23)c1.c1ccc(C2CCCC2)nc1. The fourth-order valence-corrected chi connectivity index (χ4v) is 7.23. The molecule has 1 aliphatic heterocycles. The van der Waals surface area contributed by atoms with Crippen LogP contribution in [0.15, 0.2) is 110 Å². The largest absolute Gasteiger partial charge is 0.338 e. The molecule has 10 rings (SSSR count). The van der Waals surface area contributed by atoms with Gasteiger partial charge in [0.15, 0.2) is 11.6 Å². The predicted octanol–water partition coefficient (Wildman–Crippen LogP) is 8.39. The van der Waals surface area contributed by atoms with Crippen molar-refractivity contribution in [1.82, 2.24) is 58.3 Å². The van der Waals surface area contributed by atoms with Crippen molar-refractivity contribution in [2.45, 2.75) is 50.5 Å². The number of imidazole rings is 2. The fraction of sp³-hybridized carbons (Fsp3) is 0.282. The summed E-state index contributed by atoms with van der Waals surface area (Å²) in [4.78, 5) is 28.7. The molecule has 9 heterocycles. The maximum atomic E-state index is 5.84. The Labute approximate surface area is 347 Å². The van der Waals surface area contributed by atoms with Crippen LogP contribution in [0.4, 0.5) is 29.2 Å². The zero-order valence-corrected chi connectivity index (χ0v) is 33.9. The zero-order chi connectivity index (χ0) is 37.6. The highest BCUT2D eigenvalue weighted by Gasteiger charge is 2.30. The molecule has 18 heteroatoms. The number of hydrogen-bond donors (Lipinski definition) is 2. The lowest BCUT2D eigenvalue weighted by molar-refractivity contribution is 0.670. The predicted molar refractivity (Wildman–Crippen MR) is 227 cm³/mol. The van der Waals surface area contributed by atoms with Crippen LogP contribution in [0.1, 0.15) is 61.9 Å². The molecule has 296 valence electrons. The molecule has 0 bridgehead atoms. The third-order valence-corrected chi connectivity index (χ3v) is 9.81. The maximum absolute atomic E-state index is 5.84. The van der Waals surface area contributed by atoms with Crippen LogP contribution in [-0.4, -0.2) is 64.8 Å². The van der Waals surface area contributed by atoms with Crippen molar-refractivity contribution in [3.8, 4) is 0 Å². The second-order valence-electron chi connectivity index (χ2n) is 13.6. The highest BCUT2D eigenvalue weighted by molar-refractivity contribution is 6.28. The van der Waals surface area contributed by atoms with Gasteiger partial charge in [0.25, 0.3) is 0 Å². The molecule has 0 amide bonds. The Morgan fingerprint density at radius 2 is 1.21 bits per heavy atom. The third kappa shape index (κ3) is 9.79. The number of nitrogens with one attached hydrogen (secondary N) is 2. The molecular weight excluding hydrogens is 785 g/mol. The van der Waals surface area contributed by atoms with E-state index in [0.717, 1.165) is 53.7 Å². The molecule has 0 aromatic carbocycles. The van der Waals surface area contributed by atoms with Gasteiger partial charge in [0.2, 0.25) is 11.2 Å². The number of nitrogens with zero attached hydrogens (tertiary/aromatic N) is 13. The van der Waals surface area contributed by atoms with Crippen LogP contribution in [0.3, 0.4) is 0 Å². The van der Waals surface area contributed by atoms with Gasteiger partial charge in [-0.2, -0.15) is 9.97 Å². The molecule has 0 unspecified atom stereocenters. The van der Waals surface area contributed by atoms with Gasteiger partial charge in [-0.05, 0) is 85.8 Å². The maximum Gasteiger partial charge on any atom is 0.246 e. The number of halogens is 3. The number of aryl methyl sites for hydroxylation is 2. The van der Waals surface area contributed by atoms with E-state index in [1.807, 2.05) is 107 Å². The summed E-state index contributed by atoms with van der Waals surface area (Å²) in [5.74, 6) is 4.31. The minimum absolute atomic E-state index is 0. The Balaban J connectivity index is 0.000000157. The average molecular weight is 829 g/mol. The number of anilines is 5. The van der Waals surface area contributed by atoms with E-state index < -0.39 is 0 Å². The van der Waals surface area contributed by atoms with Crippen LogP contribution in [0.2, 0.25) is 5.28 Å². The molecule has 1 saturated heterocycles. The molecule has 1 atom stereocenters. The first-order valence-electron chi connectivity index (χ1n) is 18.4. The van der Waals surface area contributed by atoms with Crippen molar-refractivity contribution in [2.24, 2.45) is 14.1 Å². The van der Waals surface area contributed by atoms with Gasteiger partial charge in [-0.1, -0.05) is 25.0 Å². The van der Waals surface area contributed by atoms with Crippen LogP contribution < -0.4 is 15.5 Å². The van der Waals surface area contributed by atoms with Crippen molar-refractivity contribution < 1.29 is 0 Å². The smallest absolute Gasteiger partial charge is 0.246 e. The number of pyridine rings is 2. The molecule has 2 fully saturated rings. The topological polar surface area (TPSA) is 149 Å². The molecule has 8 aromatic rings. The summed E-state index contributed by atoms with van der Waals surface area (Å²) in [6.45, 7) is 0.914. The van der Waals surface area contributed by atoms with Crippen molar-refractivity contribution in [2.75, 3.05) is 22.1 Å². The summed E-state index contributed by atoms with van der Waals surface area (Å²) in [5.41, 5.74) is 4.12. The van der Waals surface area contributed by atoms with Gasteiger partial charge < -0.3 is 24.7 Å². The summed E-state index contributed by atoms with van der Waals surface area (Å²) in [7, 11) is 3.84. The van der Waals surface area contributed by atoms with Crippen molar-refractivity contribution in [1.29, 1.82) is 0 Å². The lowest BCUT2D eigenvalue weighted by Crippen LogP contribution is -2.26. The van der Waals surface area contributed by atoms with Gasteiger partial charge >= 0.3 is 0 Å². The van der Waals surface area contributed by atoms with E-state index in [4.69, 9.17) is 21.7 Å². The van der Waals surface area contributed by atoms with Crippen LogP contribution in [0.5, 0.6) is 0 Å². The van der Waals surface area contributed by atoms with Gasteiger partial charge in [-0.25, -0.2) is 19.0 Å². The lowest BCUT2D eigenvalue weighted by atomic mass is 10.0. The van der Waals surface area contributed by atoms with E-state index in [2.05, 4.69) is 63.8 Å². The van der Waals surface area contributed by atoms with Crippen LogP contribution in [0, 0.1) is 0 Å². The van der Waals surface area contributed by atoms with Crippen LogP contribution in [-0.2, 0) is 14.1 Å². The Bertz CT molecular complexity index is 2460. The highest BCUT2D eigenvalue weighted by Crippen LogP contribution is 2.35. The van der Waals surface area contributed by atoms with Gasteiger partial charge in [0.1, 0.15) is 22.7 Å². The number of aromatic nitrogens is 12. The van der Waals surface area contributed by atoms with E-state index in [1.54, 1.807) is 17.2 Å². The van der Waals surface area contributed by atoms with E-state index in [0.29, 0.717) is 17.6 Å². The Hall–Kier alpha value is -5.77. The Morgan fingerprint density at radius 3 is 1.77 bits per heavy atom. The van der Waals surface area contributed by atoms with E-state index in [-0.39, 0.29) is 36.1 Å². The molecule has 1 saturated carbocycles. The van der Waals surface area contributed by atoms with Crippen molar-refractivity contribution in [3.63, 3.8) is 0 Å². The van der Waals surface area contributed by atoms with Gasteiger partial charge in [0, 0.05) is 69.4 Å². The number of rotatable bonds is 7. The van der Waals surface area contributed by atoms with Gasteiger partial charge in [0.05, 0.1) is 24.4 Å². The Morgan fingerprint density at radius 1 is 0.632 bits per heavy atom. The van der Waals surface area contributed by atoms with E-state index >= 15 is 0 Å². The first-order valence-corrected chi connectivity index (χ1v) is 18.8. The lowest BCUT2D eigenvalue weighted by Gasteiger charge is -2.24. The quantitative estimate of drug-likeness (QED) is 0.160. The minimum atomic E-state index is 0. The standard InChI is InChI=1S/C19H20N8.C10H9ClN6.C10H13N.2ClH/c1-25-12-17(21-13-25)22-18-16-8-5-11-27(16)24-19(23-18)26-10-4-7-15(26)14-6-2-3-9-20-14;1-16-5-8(12-6-16)13-9-7-3-2-4-17(7)15-10(11)14-9;1-2-6-9(5-1)10-7-3-4-8-11-10;;/h2-3,5-6,8-9,11-13,15H,4,7,10H2,1H3,(H,22,23,24);2-6H,1H3,(H,13,14,15);3-4,7-9H,1-2,5-6H2;2*1H/t15-;;;;/m0..../s1. The molecule has 1 aliphatic carbocycles. The molecule has 2 N–H and O–H groups in total. The van der Waals surface area contributed by atoms with Crippen molar-refractivity contribution in [3.05, 3.63) is 127 Å². The molecule has 15 nitrogen and oxygen atoms in total. The summed E-state index contributed by atoms with van der Waals surface area (Å²) < 4.78 is 7.28. The molecule has 0 spiro atoms. The van der Waals surface area contributed by atoms with Gasteiger partial charge in [-0.3, -0.25) is 9.97 Å². The van der Waals surface area contributed by atoms with Gasteiger partial charge in [-0.15, -0.1) is 35.0 Å². The second-order valence-corrected chi connectivity index (χ2v) is 13.9. The number of hydrogen-bond acceptors (Lipinski definition) is 11. The normalized spacial score (nSPS) is 14.9. The highest BCUT2D eigenvalue weighted by atomic mass is 35.5. The molecule has 8 aromatic heterocycles. The molecule has 0 radical (unpaired) electrons. The molecular formula is C39H44Cl3N15. The zero-order valence-electron chi connectivity index (χ0n) is 31.5. The molecule has 57 heavy (non-hydrogen) atoms. The summed E-state index contributed by atoms with van der Waals surface area (Å²) in [6, 6.07) is 20.2. The summed E-state index contributed by atoms with van der Waals surface area (Å²) in [5, 5.41) is 15.4. The first kappa shape index (κ1) is 40.9. The monoisotopic (exact) mass is 827 g/mol. The first-order chi connectivity index (χ1) is 27.0. The molecule has 2 aliphatic rings. The number of fused-ring (bicyclic) bond motifs is 2. The van der Waals surface area contributed by atoms with E-state index in [1.165, 1.54) is 31.4 Å². The Kier molecular flexibility index (Phi) is 13.6. The van der Waals surface area contributed by atoms with Crippen LogP contribution in [0.25, 0.3) is 11.0 Å². The van der Waals surface area contributed by atoms with Crippen molar-refractivity contribution >= 4 is 76.7 Å². The fourth-order valence-electron chi connectivity index (χ4n) is 7.06. The second kappa shape index (κ2) is 18.9. The van der Waals surface area contributed by atoms with Crippen LogP contribution >= 0.6 is 36.4 Å². The summed E-state index contributed by atoms with van der Waals surface area (Å²) in [6.07, 6.45) is 22.4. The summed E-state index contributed by atoms with van der Waals surface area (Å²) >= 11 is 5.84. The average Bonchev–Trinajstić information content (AvgIpc) is 4.05. The third-order valence-electron chi connectivity index (χ3n) is 9.65. The minimum Gasteiger partial charge on any atom is -0.338 e. The van der Waals surface area contributed by atoms with E-state index in [9.17, 15) is 0 Å².